The predicted octanol–water partition coefficient (Wildman–Crippen LogP) is 1.85. The van der Waals surface area contributed by atoms with E-state index in [4.69, 9.17) is 4.74 Å². The van der Waals surface area contributed by atoms with E-state index in [1.807, 2.05) is 6.07 Å². The van der Waals surface area contributed by atoms with Crippen LogP contribution < -0.4 is 4.74 Å². The van der Waals surface area contributed by atoms with Crippen molar-refractivity contribution in [1.29, 1.82) is 0 Å². The van der Waals surface area contributed by atoms with E-state index in [2.05, 4.69) is 15.1 Å². The molecular weight excluding hydrogens is 260 g/mol. The van der Waals surface area contributed by atoms with Crippen molar-refractivity contribution >= 4 is 16.9 Å². The number of fused-ring (bicyclic) bond motifs is 1. The van der Waals surface area contributed by atoms with Gasteiger partial charge in [-0.2, -0.15) is 4.98 Å². The first-order valence-corrected chi connectivity index (χ1v) is 5.79. The van der Waals surface area contributed by atoms with Crippen molar-refractivity contribution in [2.75, 3.05) is 0 Å². The Morgan fingerprint density at radius 3 is 2.80 bits per heavy atom. The number of pyridine rings is 1. The van der Waals surface area contributed by atoms with Crippen molar-refractivity contribution in [3.8, 4) is 11.8 Å². The summed E-state index contributed by atoms with van der Waals surface area (Å²) < 4.78 is 7.01. The lowest BCUT2D eigenvalue weighted by atomic mass is 10.1. The summed E-state index contributed by atoms with van der Waals surface area (Å²) in [6.07, 6.45) is 2.74. The SMILES string of the molecule is Cn1cnc(Oc2c(C(=O)O)cnc3ccccc23)n1. The molecule has 3 rings (SSSR count). The van der Waals surface area contributed by atoms with Crippen LogP contribution in [-0.2, 0) is 7.05 Å². The third-order valence-corrected chi connectivity index (χ3v) is 2.73. The molecule has 2 aromatic heterocycles. The summed E-state index contributed by atoms with van der Waals surface area (Å²) in [7, 11) is 1.70. The van der Waals surface area contributed by atoms with Gasteiger partial charge in [-0.15, -0.1) is 5.10 Å². The number of ether oxygens (including phenoxy) is 1. The van der Waals surface area contributed by atoms with Crippen LogP contribution in [0.25, 0.3) is 10.9 Å². The Labute approximate surface area is 113 Å². The third kappa shape index (κ3) is 2.05. The lowest BCUT2D eigenvalue weighted by Crippen LogP contribution is -2.02. The molecule has 0 bridgehead atoms. The van der Waals surface area contributed by atoms with E-state index in [-0.39, 0.29) is 17.3 Å². The van der Waals surface area contributed by atoms with Crippen LogP contribution in [0.3, 0.4) is 0 Å². The fourth-order valence-corrected chi connectivity index (χ4v) is 1.84. The van der Waals surface area contributed by atoms with E-state index in [9.17, 15) is 9.90 Å². The second kappa shape index (κ2) is 4.61. The first-order chi connectivity index (χ1) is 9.65. The summed E-state index contributed by atoms with van der Waals surface area (Å²) in [6.45, 7) is 0. The van der Waals surface area contributed by atoms with Gasteiger partial charge in [0.15, 0.2) is 5.75 Å². The maximum atomic E-state index is 11.3. The molecular formula is C13H10N4O3. The van der Waals surface area contributed by atoms with E-state index in [1.54, 1.807) is 25.2 Å². The maximum absolute atomic E-state index is 11.3. The van der Waals surface area contributed by atoms with Crippen molar-refractivity contribution in [2.24, 2.45) is 7.05 Å². The number of hydrogen-bond acceptors (Lipinski definition) is 5. The fourth-order valence-electron chi connectivity index (χ4n) is 1.84. The minimum atomic E-state index is -1.12. The van der Waals surface area contributed by atoms with Gasteiger partial charge in [-0.3, -0.25) is 9.67 Å². The predicted molar refractivity (Wildman–Crippen MR) is 69.8 cm³/mol. The van der Waals surface area contributed by atoms with Crippen LogP contribution in [-0.4, -0.2) is 30.8 Å². The molecule has 1 aromatic carbocycles. The fraction of sp³-hybridized carbons (Fsp3) is 0.0769. The minimum Gasteiger partial charge on any atom is -0.477 e. The summed E-state index contributed by atoms with van der Waals surface area (Å²) >= 11 is 0. The molecule has 7 heteroatoms. The van der Waals surface area contributed by atoms with Crippen molar-refractivity contribution in [1.82, 2.24) is 19.7 Å². The van der Waals surface area contributed by atoms with Crippen LogP contribution in [0.2, 0.25) is 0 Å². The van der Waals surface area contributed by atoms with Gasteiger partial charge in [0.25, 0.3) is 0 Å². The number of aromatic carboxylic acids is 1. The highest BCUT2D eigenvalue weighted by Gasteiger charge is 2.17. The molecule has 2 heterocycles. The molecule has 0 atom stereocenters. The molecule has 7 nitrogen and oxygen atoms in total. The van der Waals surface area contributed by atoms with Gasteiger partial charge >= 0.3 is 12.0 Å². The number of para-hydroxylation sites is 1. The quantitative estimate of drug-likeness (QED) is 0.781. The van der Waals surface area contributed by atoms with Crippen molar-refractivity contribution in [3.05, 3.63) is 42.4 Å². The Bertz CT molecular complexity index is 797. The topological polar surface area (TPSA) is 90.1 Å². The van der Waals surface area contributed by atoms with Gasteiger partial charge in [0, 0.05) is 18.6 Å². The molecule has 100 valence electrons. The van der Waals surface area contributed by atoms with Crippen LogP contribution in [0.5, 0.6) is 11.8 Å². The molecule has 0 unspecified atom stereocenters. The normalized spacial score (nSPS) is 10.7. The first-order valence-electron chi connectivity index (χ1n) is 5.79. The molecule has 20 heavy (non-hydrogen) atoms. The monoisotopic (exact) mass is 270 g/mol. The number of aryl methyl sites for hydroxylation is 1. The van der Waals surface area contributed by atoms with Gasteiger partial charge in [-0.05, 0) is 12.1 Å². The van der Waals surface area contributed by atoms with E-state index in [1.165, 1.54) is 17.2 Å². The van der Waals surface area contributed by atoms with E-state index >= 15 is 0 Å². The molecule has 0 radical (unpaired) electrons. The number of benzene rings is 1. The molecule has 1 N–H and O–H groups in total. The first kappa shape index (κ1) is 12.1. The van der Waals surface area contributed by atoms with Crippen LogP contribution in [0.15, 0.2) is 36.8 Å². The van der Waals surface area contributed by atoms with Gasteiger partial charge in [0.1, 0.15) is 11.9 Å². The third-order valence-electron chi connectivity index (χ3n) is 2.73. The summed E-state index contributed by atoms with van der Waals surface area (Å²) in [5.74, 6) is -0.927. The van der Waals surface area contributed by atoms with Gasteiger partial charge in [0.05, 0.1) is 5.52 Å². The Hall–Kier alpha value is -2.96. The standard InChI is InChI=1S/C13H10N4O3/c1-17-7-15-13(16-17)20-11-8-4-2-3-5-10(8)14-6-9(11)12(18)19/h2-7H,1H3,(H,18,19). The zero-order valence-electron chi connectivity index (χ0n) is 10.5. The molecule has 0 saturated heterocycles. The number of nitrogens with zero attached hydrogens (tertiary/aromatic N) is 4. The lowest BCUT2D eigenvalue weighted by Gasteiger charge is -2.08. The second-order valence-corrected chi connectivity index (χ2v) is 4.13. The number of carboxylic acids is 1. The van der Waals surface area contributed by atoms with Gasteiger partial charge in [-0.25, -0.2) is 4.79 Å². The largest absolute Gasteiger partial charge is 0.477 e. The van der Waals surface area contributed by atoms with E-state index in [0.29, 0.717) is 10.9 Å². The molecule has 0 aliphatic heterocycles. The van der Waals surface area contributed by atoms with Crippen molar-refractivity contribution in [2.45, 2.75) is 0 Å². The summed E-state index contributed by atoms with van der Waals surface area (Å²) in [4.78, 5) is 19.3. The highest BCUT2D eigenvalue weighted by molar-refractivity contribution is 5.98. The zero-order chi connectivity index (χ0) is 14.1. The minimum absolute atomic E-state index is 0.0313. The Morgan fingerprint density at radius 1 is 1.30 bits per heavy atom. The highest BCUT2D eigenvalue weighted by atomic mass is 16.5. The molecule has 0 fully saturated rings. The van der Waals surface area contributed by atoms with Crippen LogP contribution in [0.1, 0.15) is 10.4 Å². The van der Waals surface area contributed by atoms with Gasteiger partial charge < -0.3 is 9.84 Å². The molecule has 0 amide bonds. The Kier molecular flexibility index (Phi) is 2.79. The average Bonchev–Trinajstić information content (AvgIpc) is 2.84. The van der Waals surface area contributed by atoms with Crippen LogP contribution in [0, 0.1) is 0 Å². The number of hydrogen-bond donors (Lipinski definition) is 1. The zero-order valence-corrected chi connectivity index (χ0v) is 10.5. The lowest BCUT2D eigenvalue weighted by molar-refractivity contribution is 0.0694. The molecule has 3 aromatic rings. The van der Waals surface area contributed by atoms with E-state index in [0.717, 1.165) is 0 Å². The van der Waals surface area contributed by atoms with Crippen LogP contribution >= 0.6 is 0 Å². The highest BCUT2D eigenvalue weighted by Crippen LogP contribution is 2.31. The maximum Gasteiger partial charge on any atom is 0.341 e. The number of carboxylic acid groups (broad SMARTS) is 1. The molecule has 0 spiro atoms. The van der Waals surface area contributed by atoms with Crippen molar-refractivity contribution < 1.29 is 14.6 Å². The van der Waals surface area contributed by atoms with Crippen molar-refractivity contribution in [3.63, 3.8) is 0 Å². The molecule has 0 aliphatic rings. The Morgan fingerprint density at radius 2 is 2.10 bits per heavy atom. The second-order valence-electron chi connectivity index (χ2n) is 4.13. The molecule has 0 aliphatic carbocycles. The number of aromatic nitrogens is 4. The summed E-state index contributed by atoms with van der Waals surface area (Å²) in [5, 5.41) is 13.8. The summed E-state index contributed by atoms with van der Waals surface area (Å²) in [5.41, 5.74) is 0.611. The van der Waals surface area contributed by atoms with Gasteiger partial charge in [-0.1, -0.05) is 12.1 Å². The Balaban J connectivity index is 2.19. The molecule has 0 saturated carbocycles. The van der Waals surface area contributed by atoms with Gasteiger partial charge in [0.2, 0.25) is 0 Å². The smallest absolute Gasteiger partial charge is 0.341 e. The van der Waals surface area contributed by atoms with Crippen LogP contribution in [0.4, 0.5) is 0 Å². The number of rotatable bonds is 3. The summed E-state index contributed by atoms with van der Waals surface area (Å²) in [6, 6.07) is 7.21. The average molecular weight is 270 g/mol. The number of carbonyl (C=O) groups is 1. The van der Waals surface area contributed by atoms with E-state index < -0.39 is 5.97 Å².